The average Bonchev–Trinajstić information content (AvgIpc) is 3.09. The largest absolute Gasteiger partial charge is 0.325 e. The SMILES string of the molecule is CC(C)(C)c1ccc(NC(=O)CSc2nncn2-c2ccccc2)cc1. The first-order chi connectivity index (χ1) is 12.4. The number of thioether (sulfide) groups is 1. The molecule has 0 fully saturated rings. The number of nitrogens with zero attached hydrogens (tertiary/aromatic N) is 3. The predicted octanol–water partition coefficient (Wildman–Crippen LogP) is 4.30. The molecule has 26 heavy (non-hydrogen) atoms. The van der Waals surface area contributed by atoms with Crippen molar-refractivity contribution in [1.82, 2.24) is 14.8 Å². The van der Waals surface area contributed by atoms with Crippen LogP contribution in [0.25, 0.3) is 5.69 Å². The Morgan fingerprint density at radius 3 is 2.42 bits per heavy atom. The van der Waals surface area contributed by atoms with E-state index in [0.29, 0.717) is 5.16 Å². The summed E-state index contributed by atoms with van der Waals surface area (Å²) < 4.78 is 1.87. The molecule has 0 saturated heterocycles. The van der Waals surface area contributed by atoms with Crippen molar-refractivity contribution >= 4 is 23.4 Å². The number of anilines is 1. The monoisotopic (exact) mass is 366 g/mol. The van der Waals surface area contributed by atoms with E-state index < -0.39 is 0 Å². The molecule has 0 atom stereocenters. The number of benzene rings is 2. The van der Waals surface area contributed by atoms with Crippen LogP contribution >= 0.6 is 11.8 Å². The van der Waals surface area contributed by atoms with Gasteiger partial charge in [0.15, 0.2) is 5.16 Å². The molecule has 3 rings (SSSR count). The molecule has 0 bridgehead atoms. The summed E-state index contributed by atoms with van der Waals surface area (Å²) >= 11 is 1.36. The molecule has 0 aliphatic rings. The normalized spacial score (nSPS) is 11.3. The summed E-state index contributed by atoms with van der Waals surface area (Å²) in [5.74, 6) is 0.202. The zero-order chi connectivity index (χ0) is 18.6. The van der Waals surface area contributed by atoms with Crippen LogP contribution in [0, 0.1) is 0 Å². The lowest BCUT2D eigenvalue weighted by Crippen LogP contribution is -2.15. The molecule has 1 amide bonds. The third-order valence-electron chi connectivity index (χ3n) is 3.92. The van der Waals surface area contributed by atoms with Gasteiger partial charge in [0.05, 0.1) is 5.75 Å². The van der Waals surface area contributed by atoms with Crippen LogP contribution in [-0.2, 0) is 10.2 Å². The van der Waals surface area contributed by atoms with Crippen molar-refractivity contribution in [2.75, 3.05) is 11.1 Å². The Bertz CT molecular complexity index is 867. The van der Waals surface area contributed by atoms with Crippen molar-refractivity contribution in [1.29, 1.82) is 0 Å². The first-order valence-electron chi connectivity index (χ1n) is 8.42. The van der Waals surface area contributed by atoms with Gasteiger partial charge in [0.1, 0.15) is 6.33 Å². The first kappa shape index (κ1) is 18.2. The predicted molar refractivity (Wildman–Crippen MR) is 106 cm³/mol. The van der Waals surface area contributed by atoms with Gasteiger partial charge in [-0.1, -0.05) is 62.9 Å². The van der Waals surface area contributed by atoms with Crippen LogP contribution in [0.4, 0.5) is 5.69 Å². The van der Waals surface area contributed by atoms with Crippen LogP contribution in [0.1, 0.15) is 26.3 Å². The summed E-state index contributed by atoms with van der Waals surface area (Å²) in [6.45, 7) is 6.50. The highest BCUT2D eigenvalue weighted by atomic mass is 32.2. The summed E-state index contributed by atoms with van der Waals surface area (Å²) in [6, 6.07) is 17.8. The zero-order valence-corrected chi connectivity index (χ0v) is 16.0. The molecule has 1 aromatic heterocycles. The van der Waals surface area contributed by atoms with Gasteiger partial charge in [-0.15, -0.1) is 10.2 Å². The molecule has 134 valence electrons. The number of amides is 1. The van der Waals surface area contributed by atoms with E-state index in [9.17, 15) is 4.79 Å². The Morgan fingerprint density at radius 2 is 1.77 bits per heavy atom. The van der Waals surface area contributed by atoms with Crippen LogP contribution < -0.4 is 5.32 Å². The number of carbonyl (C=O) groups is 1. The van der Waals surface area contributed by atoms with Crippen molar-refractivity contribution in [3.05, 3.63) is 66.5 Å². The second kappa shape index (κ2) is 7.74. The standard InChI is InChI=1S/C20H22N4OS/c1-20(2,3)15-9-11-16(12-10-15)22-18(25)13-26-19-23-21-14-24(19)17-7-5-4-6-8-17/h4-12,14H,13H2,1-3H3,(H,22,25). The quantitative estimate of drug-likeness (QED) is 0.684. The molecule has 0 spiro atoms. The number of carbonyl (C=O) groups excluding carboxylic acids is 1. The van der Waals surface area contributed by atoms with E-state index in [4.69, 9.17) is 0 Å². The maximum Gasteiger partial charge on any atom is 0.234 e. The minimum Gasteiger partial charge on any atom is -0.325 e. The maximum absolute atomic E-state index is 12.2. The van der Waals surface area contributed by atoms with Gasteiger partial charge in [-0.3, -0.25) is 9.36 Å². The second-order valence-corrected chi connectivity index (χ2v) is 7.93. The summed E-state index contributed by atoms with van der Waals surface area (Å²) in [4.78, 5) is 12.2. The third kappa shape index (κ3) is 4.52. The molecule has 0 aliphatic heterocycles. The van der Waals surface area contributed by atoms with Crippen LogP contribution in [0.15, 0.2) is 66.1 Å². The Labute approximate surface area is 157 Å². The summed E-state index contributed by atoms with van der Waals surface area (Å²) in [7, 11) is 0. The van der Waals surface area contributed by atoms with Gasteiger partial charge in [0, 0.05) is 11.4 Å². The minimum atomic E-state index is -0.0684. The van der Waals surface area contributed by atoms with Gasteiger partial charge in [-0.25, -0.2) is 0 Å². The molecule has 1 N–H and O–H groups in total. The second-order valence-electron chi connectivity index (χ2n) is 6.98. The number of aromatic nitrogens is 3. The smallest absolute Gasteiger partial charge is 0.234 e. The van der Waals surface area contributed by atoms with Crippen molar-refractivity contribution in [3.63, 3.8) is 0 Å². The van der Waals surface area contributed by atoms with Gasteiger partial charge in [-0.2, -0.15) is 0 Å². The number of hydrogen-bond acceptors (Lipinski definition) is 4. The lowest BCUT2D eigenvalue weighted by atomic mass is 9.87. The van der Waals surface area contributed by atoms with Gasteiger partial charge in [0.2, 0.25) is 5.91 Å². The Morgan fingerprint density at radius 1 is 1.08 bits per heavy atom. The molecule has 6 heteroatoms. The fraction of sp³-hybridized carbons (Fsp3) is 0.250. The number of nitrogens with one attached hydrogen (secondary N) is 1. The molecule has 1 heterocycles. The molecular weight excluding hydrogens is 344 g/mol. The van der Waals surface area contributed by atoms with Gasteiger partial charge >= 0.3 is 0 Å². The van der Waals surface area contributed by atoms with Gasteiger partial charge in [0.25, 0.3) is 0 Å². The van der Waals surface area contributed by atoms with Crippen molar-refractivity contribution < 1.29 is 4.79 Å². The van der Waals surface area contributed by atoms with Crippen molar-refractivity contribution in [3.8, 4) is 5.69 Å². The molecule has 3 aromatic rings. The molecule has 5 nitrogen and oxygen atoms in total. The average molecular weight is 366 g/mol. The van der Waals surface area contributed by atoms with Crippen LogP contribution in [0.2, 0.25) is 0 Å². The number of hydrogen-bond donors (Lipinski definition) is 1. The highest BCUT2D eigenvalue weighted by molar-refractivity contribution is 7.99. The molecule has 0 saturated carbocycles. The first-order valence-corrected chi connectivity index (χ1v) is 9.41. The molecule has 2 aromatic carbocycles. The van der Waals surface area contributed by atoms with E-state index in [1.165, 1.54) is 17.3 Å². The van der Waals surface area contributed by atoms with E-state index >= 15 is 0 Å². The number of para-hydroxylation sites is 1. The van der Waals surface area contributed by atoms with Gasteiger partial charge in [-0.05, 0) is 35.2 Å². The highest BCUT2D eigenvalue weighted by Gasteiger charge is 2.14. The topological polar surface area (TPSA) is 59.8 Å². The lowest BCUT2D eigenvalue weighted by Gasteiger charge is -2.19. The van der Waals surface area contributed by atoms with E-state index in [1.54, 1.807) is 6.33 Å². The highest BCUT2D eigenvalue weighted by Crippen LogP contribution is 2.24. The fourth-order valence-electron chi connectivity index (χ4n) is 2.47. The van der Waals surface area contributed by atoms with Gasteiger partial charge < -0.3 is 5.32 Å². The van der Waals surface area contributed by atoms with E-state index in [2.05, 4.69) is 48.4 Å². The van der Waals surface area contributed by atoms with E-state index in [1.807, 2.05) is 47.0 Å². The zero-order valence-electron chi connectivity index (χ0n) is 15.1. The Hall–Kier alpha value is -2.60. The molecular formula is C20H22N4OS. The molecule has 0 aliphatic carbocycles. The summed E-state index contributed by atoms with van der Waals surface area (Å²) in [5.41, 5.74) is 3.10. The Kier molecular flexibility index (Phi) is 5.42. The lowest BCUT2D eigenvalue weighted by molar-refractivity contribution is -0.113. The minimum absolute atomic E-state index is 0.0684. The summed E-state index contributed by atoms with van der Waals surface area (Å²) in [5, 5.41) is 11.7. The van der Waals surface area contributed by atoms with E-state index in [-0.39, 0.29) is 17.1 Å². The van der Waals surface area contributed by atoms with Crippen LogP contribution in [0.5, 0.6) is 0 Å². The van der Waals surface area contributed by atoms with Crippen LogP contribution in [-0.4, -0.2) is 26.4 Å². The van der Waals surface area contributed by atoms with Crippen LogP contribution in [0.3, 0.4) is 0 Å². The molecule has 0 radical (unpaired) electrons. The third-order valence-corrected chi connectivity index (χ3v) is 4.86. The Balaban J connectivity index is 1.59. The van der Waals surface area contributed by atoms with Crippen molar-refractivity contribution in [2.45, 2.75) is 31.3 Å². The molecule has 0 unspecified atom stereocenters. The number of rotatable bonds is 5. The van der Waals surface area contributed by atoms with Crippen molar-refractivity contribution in [2.24, 2.45) is 0 Å². The fourth-order valence-corrected chi connectivity index (χ4v) is 3.20. The van der Waals surface area contributed by atoms with E-state index in [0.717, 1.165) is 11.4 Å². The maximum atomic E-state index is 12.2. The summed E-state index contributed by atoms with van der Waals surface area (Å²) in [6.07, 6.45) is 1.65.